The van der Waals surface area contributed by atoms with Crippen molar-refractivity contribution < 1.29 is 9.53 Å². The molecule has 5 nitrogen and oxygen atoms in total. The van der Waals surface area contributed by atoms with Gasteiger partial charge < -0.3 is 10.5 Å². The molecule has 0 fully saturated rings. The summed E-state index contributed by atoms with van der Waals surface area (Å²) in [6.07, 6.45) is 0. The third-order valence-corrected chi connectivity index (χ3v) is 2.98. The number of benzene rings is 2. The van der Waals surface area contributed by atoms with Crippen molar-refractivity contribution in [3.63, 3.8) is 0 Å². The summed E-state index contributed by atoms with van der Waals surface area (Å²) in [4.78, 5) is 12.0. The summed E-state index contributed by atoms with van der Waals surface area (Å²) in [5, 5.41) is 4.08. The maximum Gasteiger partial charge on any atom is 0.271 e. The Morgan fingerprint density at radius 2 is 1.86 bits per heavy atom. The Labute approximate surface area is 123 Å². The molecule has 3 N–H and O–H groups in total. The van der Waals surface area contributed by atoms with E-state index in [1.165, 1.54) is 0 Å². The summed E-state index contributed by atoms with van der Waals surface area (Å²) in [5.41, 5.74) is 11.0. The Hall–Kier alpha value is -2.82. The van der Waals surface area contributed by atoms with Crippen LogP contribution in [0.1, 0.15) is 22.8 Å². The van der Waals surface area contributed by atoms with Gasteiger partial charge in [0.1, 0.15) is 5.75 Å². The minimum Gasteiger partial charge on any atom is -0.497 e. The number of rotatable bonds is 4. The van der Waals surface area contributed by atoms with E-state index in [-0.39, 0.29) is 5.91 Å². The van der Waals surface area contributed by atoms with Gasteiger partial charge in [-0.1, -0.05) is 12.1 Å². The minimum absolute atomic E-state index is 0.277. The fourth-order valence-electron chi connectivity index (χ4n) is 1.77. The number of nitrogens with one attached hydrogen (secondary N) is 1. The van der Waals surface area contributed by atoms with Crippen LogP contribution in [0.5, 0.6) is 5.75 Å². The number of nitrogens with two attached hydrogens (primary N) is 1. The van der Waals surface area contributed by atoms with Gasteiger partial charge in [0.15, 0.2) is 0 Å². The first kappa shape index (κ1) is 14.6. The highest BCUT2D eigenvalue weighted by Crippen LogP contribution is 2.11. The molecule has 0 aliphatic rings. The number of carbonyl (C=O) groups is 1. The van der Waals surface area contributed by atoms with Gasteiger partial charge in [-0.05, 0) is 48.9 Å². The van der Waals surface area contributed by atoms with Crippen molar-refractivity contribution >= 4 is 17.3 Å². The number of methoxy groups -OCH3 is 1. The number of nitrogen functional groups attached to an aromatic ring is 1. The molecule has 0 aliphatic carbocycles. The molecule has 0 unspecified atom stereocenters. The molecule has 0 saturated carbocycles. The number of hydrogen-bond acceptors (Lipinski definition) is 4. The van der Waals surface area contributed by atoms with Crippen molar-refractivity contribution in [1.29, 1.82) is 0 Å². The zero-order chi connectivity index (χ0) is 15.2. The molecule has 0 aromatic heterocycles. The predicted octanol–water partition coefficient (Wildman–Crippen LogP) is 2.43. The lowest BCUT2D eigenvalue weighted by atomic mass is 10.1. The van der Waals surface area contributed by atoms with Crippen molar-refractivity contribution in [2.24, 2.45) is 5.10 Å². The standard InChI is InChI=1S/C16H17N3O2/c1-11(13-4-3-5-14(17)10-13)18-19-16(20)12-6-8-15(21-2)9-7-12/h3-10H,17H2,1-2H3,(H,19,20). The lowest BCUT2D eigenvalue weighted by Gasteiger charge is -2.04. The average molecular weight is 283 g/mol. The van der Waals surface area contributed by atoms with Crippen molar-refractivity contribution in [2.75, 3.05) is 12.8 Å². The number of carbonyl (C=O) groups excluding carboxylic acids is 1. The van der Waals surface area contributed by atoms with E-state index in [0.29, 0.717) is 22.7 Å². The highest BCUT2D eigenvalue weighted by molar-refractivity contribution is 6.01. The van der Waals surface area contributed by atoms with E-state index in [4.69, 9.17) is 10.5 Å². The Morgan fingerprint density at radius 3 is 2.48 bits per heavy atom. The first-order valence-corrected chi connectivity index (χ1v) is 6.45. The normalized spacial score (nSPS) is 11.0. The number of anilines is 1. The van der Waals surface area contributed by atoms with Gasteiger partial charge in [0, 0.05) is 11.3 Å². The lowest BCUT2D eigenvalue weighted by molar-refractivity contribution is 0.0955. The summed E-state index contributed by atoms with van der Waals surface area (Å²) in [7, 11) is 1.58. The van der Waals surface area contributed by atoms with Crippen LogP contribution in [0.2, 0.25) is 0 Å². The van der Waals surface area contributed by atoms with Crippen LogP contribution in [0.25, 0.3) is 0 Å². The smallest absolute Gasteiger partial charge is 0.271 e. The van der Waals surface area contributed by atoms with Gasteiger partial charge >= 0.3 is 0 Å². The lowest BCUT2D eigenvalue weighted by Crippen LogP contribution is -2.19. The molecule has 2 aromatic carbocycles. The maximum absolute atomic E-state index is 12.0. The first-order valence-electron chi connectivity index (χ1n) is 6.45. The Morgan fingerprint density at radius 1 is 1.14 bits per heavy atom. The number of hydrazone groups is 1. The summed E-state index contributed by atoms with van der Waals surface area (Å²) in [6, 6.07) is 14.1. The monoisotopic (exact) mass is 283 g/mol. The van der Waals surface area contributed by atoms with E-state index in [1.54, 1.807) is 43.5 Å². The fraction of sp³-hybridized carbons (Fsp3) is 0.125. The average Bonchev–Trinajstić information content (AvgIpc) is 2.52. The highest BCUT2D eigenvalue weighted by Gasteiger charge is 2.05. The van der Waals surface area contributed by atoms with E-state index in [1.807, 2.05) is 19.1 Å². The van der Waals surface area contributed by atoms with Gasteiger partial charge in [0.05, 0.1) is 12.8 Å². The molecule has 0 bridgehead atoms. The van der Waals surface area contributed by atoms with Crippen molar-refractivity contribution in [3.8, 4) is 5.75 Å². The van der Waals surface area contributed by atoms with Crippen LogP contribution >= 0.6 is 0 Å². The number of hydrogen-bond donors (Lipinski definition) is 2. The van der Waals surface area contributed by atoms with Gasteiger partial charge in [-0.3, -0.25) is 4.79 Å². The molecule has 0 aliphatic heterocycles. The molecule has 2 aromatic rings. The van der Waals surface area contributed by atoms with Crippen LogP contribution in [0.15, 0.2) is 53.6 Å². The van der Waals surface area contributed by atoms with Crippen LogP contribution < -0.4 is 15.9 Å². The third-order valence-electron chi connectivity index (χ3n) is 2.98. The molecule has 5 heteroatoms. The SMILES string of the molecule is COc1ccc(C(=O)NN=C(C)c2cccc(N)c2)cc1. The highest BCUT2D eigenvalue weighted by atomic mass is 16.5. The topological polar surface area (TPSA) is 76.7 Å². The van der Waals surface area contributed by atoms with Gasteiger partial charge in [-0.15, -0.1) is 0 Å². The van der Waals surface area contributed by atoms with Gasteiger partial charge in [0.25, 0.3) is 5.91 Å². The molecule has 2 rings (SSSR count). The summed E-state index contributed by atoms with van der Waals surface area (Å²) < 4.78 is 5.05. The second-order valence-corrected chi connectivity index (χ2v) is 4.49. The quantitative estimate of drug-likeness (QED) is 0.514. The Kier molecular flexibility index (Phi) is 4.56. The van der Waals surface area contributed by atoms with E-state index < -0.39 is 0 Å². The fourth-order valence-corrected chi connectivity index (χ4v) is 1.77. The second kappa shape index (κ2) is 6.56. The molecule has 1 amide bonds. The second-order valence-electron chi connectivity index (χ2n) is 4.49. The number of amides is 1. The summed E-state index contributed by atoms with van der Waals surface area (Å²) in [6.45, 7) is 1.81. The summed E-state index contributed by atoms with van der Waals surface area (Å²) >= 11 is 0. The molecule has 0 heterocycles. The predicted molar refractivity (Wildman–Crippen MR) is 83.5 cm³/mol. The van der Waals surface area contributed by atoms with Crippen molar-refractivity contribution in [3.05, 3.63) is 59.7 Å². The molecular formula is C16H17N3O2. The van der Waals surface area contributed by atoms with E-state index in [0.717, 1.165) is 5.56 Å². The molecule has 0 saturated heterocycles. The van der Waals surface area contributed by atoms with E-state index in [2.05, 4.69) is 10.5 Å². The van der Waals surface area contributed by atoms with Gasteiger partial charge in [-0.2, -0.15) is 5.10 Å². The first-order chi connectivity index (χ1) is 10.1. The summed E-state index contributed by atoms with van der Waals surface area (Å²) in [5.74, 6) is 0.423. The third kappa shape index (κ3) is 3.82. The van der Waals surface area contributed by atoms with Crippen molar-refractivity contribution in [1.82, 2.24) is 5.43 Å². The van der Waals surface area contributed by atoms with Crippen LogP contribution in [-0.2, 0) is 0 Å². The van der Waals surface area contributed by atoms with Gasteiger partial charge in [-0.25, -0.2) is 5.43 Å². The maximum atomic E-state index is 12.0. The van der Waals surface area contributed by atoms with Crippen LogP contribution in [0.4, 0.5) is 5.69 Å². The molecule has 108 valence electrons. The van der Waals surface area contributed by atoms with Crippen LogP contribution in [0.3, 0.4) is 0 Å². The van der Waals surface area contributed by atoms with Gasteiger partial charge in [0.2, 0.25) is 0 Å². The molecular weight excluding hydrogens is 266 g/mol. The Balaban J connectivity index is 2.06. The van der Waals surface area contributed by atoms with Crippen LogP contribution in [-0.4, -0.2) is 18.7 Å². The number of ether oxygens (including phenoxy) is 1. The molecule has 0 spiro atoms. The molecule has 0 radical (unpaired) electrons. The minimum atomic E-state index is -0.277. The van der Waals surface area contributed by atoms with Crippen molar-refractivity contribution in [2.45, 2.75) is 6.92 Å². The van der Waals surface area contributed by atoms with Crippen LogP contribution in [0, 0.1) is 0 Å². The molecule has 21 heavy (non-hydrogen) atoms. The van der Waals surface area contributed by atoms with E-state index >= 15 is 0 Å². The Bertz CT molecular complexity index is 663. The zero-order valence-corrected chi connectivity index (χ0v) is 12.0. The molecule has 0 atom stereocenters. The largest absolute Gasteiger partial charge is 0.497 e. The number of nitrogens with zero attached hydrogens (tertiary/aromatic N) is 1. The zero-order valence-electron chi connectivity index (χ0n) is 12.0. The van der Waals surface area contributed by atoms with E-state index in [9.17, 15) is 4.79 Å².